The summed E-state index contributed by atoms with van der Waals surface area (Å²) in [5.74, 6) is -1.49. The number of nitrogens with one attached hydrogen (secondary N) is 2. The Kier molecular flexibility index (Phi) is 1.48. The van der Waals surface area contributed by atoms with E-state index in [0.717, 1.165) is 0 Å². The number of hydrazine groups is 1. The van der Waals surface area contributed by atoms with E-state index in [0.29, 0.717) is 13.0 Å². The number of aliphatic hydroxyl groups is 2. The lowest BCUT2D eigenvalue weighted by molar-refractivity contribution is -0.171. The zero-order valence-electron chi connectivity index (χ0n) is 4.52. The van der Waals surface area contributed by atoms with Crippen LogP contribution in [-0.4, -0.2) is 29.1 Å². The molecule has 4 nitrogen and oxygen atoms in total. The predicted molar refractivity (Wildman–Crippen MR) is 27.8 cm³/mol. The van der Waals surface area contributed by atoms with E-state index >= 15 is 0 Å². The minimum Gasteiger partial charge on any atom is -0.364 e. The van der Waals surface area contributed by atoms with Gasteiger partial charge in [-0.3, -0.25) is 10.9 Å². The van der Waals surface area contributed by atoms with Gasteiger partial charge >= 0.3 is 0 Å². The van der Waals surface area contributed by atoms with Crippen LogP contribution in [-0.2, 0) is 0 Å². The van der Waals surface area contributed by atoms with Crippen LogP contribution >= 0.6 is 0 Å². The number of rotatable bonds is 0. The van der Waals surface area contributed by atoms with Gasteiger partial charge in [0.15, 0.2) is 5.79 Å². The zero-order chi connectivity index (χ0) is 6.04. The summed E-state index contributed by atoms with van der Waals surface area (Å²) in [6, 6.07) is 0. The second-order valence-electron chi connectivity index (χ2n) is 2.01. The van der Waals surface area contributed by atoms with Crippen LogP contribution in [0.3, 0.4) is 0 Å². The van der Waals surface area contributed by atoms with Gasteiger partial charge in [0.05, 0.1) is 6.54 Å². The van der Waals surface area contributed by atoms with Gasteiger partial charge in [0.25, 0.3) is 0 Å². The van der Waals surface area contributed by atoms with Crippen molar-refractivity contribution in [3.05, 3.63) is 0 Å². The molecule has 0 radical (unpaired) electrons. The second-order valence-corrected chi connectivity index (χ2v) is 2.01. The van der Waals surface area contributed by atoms with Gasteiger partial charge in [-0.05, 0) is 0 Å². The van der Waals surface area contributed by atoms with E-state index in [1.54, 1.807) is 0 Å². The van der Waals surface area contributed by atoms with Crippen molar-refractivity contribution in [1.29, 1.82) is 0 Å². The highest BCUT2D eigenvalue weighted by Gasteiger charge is 2.24. The van der Waals surface area contributed by atoms with Gasteiger partial charge in [0.2, 0.25) is 0 Å². The van der Waals surface area contributed by atoms with E-state index in [4.69, 9.17) is 10.2 Å². The lowest BCUT2D eigenvalue weighted by atomic mass is 10.2. The smallest absolute Gasteiger partial charge is 0.178 e. The third-order valence-electron chi connectivity index (χ3n) is 1.15. The highest BCUT2D eigenvalue weighted by atomic mass is 16.5. The Hall–Kier alpha value is -0.160. The molecule has 1 aliphatic heterocycles. The summed E-state index contributed by atoms with van der Waals surface area (Å²) in [6.07, 6.45) is 0.389. The van der Waals surface area contributed by atoms with E-state index in [1.165, 1.54) is 0 Å². The minimum atomic E-state index is -1.49. The van der Waals surface area contributed by atoms with Crippen LogP contribution in [0.2, 0.25) is 0 Å². The Bertz CT molecular complexity index is 76.1. The van der Waals surface area contributed by atoms with Crippen molar-refractivity contribution >= 4 is 0 Å². The molecule has 8 heavy (non-hydrogen) atoms. The van der Waals surface area contributed by atoms with Gasteiger partial charge in [-0.15, -0.1) is 0 Å². The van der Waals surface area contributed by atoms with Gasteiger partial charge in [-0.1, -0.05) is 0 Å². The monoisotopic (exact) mass is 118 g/mol. The van der Waals surface area contributed by atoms with Crippen LogP contribution in [0.15, 0.2) is 0 Å². The molecule has 0 atom stereocenters. The molecule has 1 heterocycles. The van der Waals surface area contributed by atoms with Crippen LogP contribution in [0.1, 0.15) is 6.42 Å². The molecule has 0 unspecified atom stereocenters. The van der Waals surface area contributed by atoms with E-state index in [-0.39, 0.29) is 6.54 Å². The molecule has 0 spiro atoms. The average molecular weight is 118 g/mol. The standard InChI is InChI=1S/C4H10N2O2/c7-4(8)1-2-5-6-3-4/h5-8H,1-3H2. The van der Waals surface area contributed by atoms with Crippen molar-refractivity contribution in [2.24, 2.45) is 0 Å². The molecule has 0 amide bonds. The molecule has 48 valence electrons. The van der Waals surface area contributed by atoms with Crippen molar-refractivity contribution in [3.63, 3.8) is 0 Å². The molecule has 0 aliphatic carbocycles. The molecule has 0 aromatic rings. The fourth-order valence-electron chi connectivity index (χ4n) is 0.644. The Morgan fingerprint density at radius 1 is 1.25 bits per heavy atom. The summed E-state index contributed by atoms with van der Waals surface area (Å²) in [6.45, 7) is 0.806. The van der Waals surface area contributed by atoms with Gasteiger partial charge in [0.1, 0.15) is 0 Å². The minimum absolute atomic E-state index is 0.201. The van der Waals surface area contributed by atoms with Crippen LogP contribution in [0.4, 0.5) is 0 Å². The number of hydrogen-bond acceptors (Lipinski definition) is 4. The molecule has 1 rings (SSSR count). The quantitative estimate of drug-likeness (QED) is 0.282. The Morgan fingerprint density at radius 2 is 2.00 bits per heavy atom. The van der Waals surface area contributed by atoms with Crippen LogP contribution < -0.4 is 10.9 Å². The molecule has 0 aromatic carbocycles. The summed E-state index contributed by atoms with van der Waals surface area (Å²) in [5, 5.41) is 17.7. The van der Waals surface area contributed by atoms with E-state index < -0.39 is 5.79 Å². The van der Waals surface area contributed by atoms with E-state index in [9.17, 15) is 0 Å². The first-order valence-corrected chi connectivity index (χ1v) is 2.61. The first kappa shape index (κ1) is 5.97. The maximum Gasteiger partial charge on any atom is 0.178 e. The molecule has 1 aliphatic rings. The Balaban J connectivity index is 2.33. The topological polar surface area (TPSA) is 64.5 Å². The first-order valence-electron chi connectivity index (χ1n) is 2.61. The summed E-state index contributed by atoms with van der Waals surface area (Å²) < 4.78 is 0. The summed E-state index contributed by atoms with van der Waals surface area (Å²) in [4.78, 5) is 0. The fourth-order valence-corrected chi connectivity index (χ4v) is 0.644. The van der Waals surface area contributed by atoms with Crippen molar-refractivity contribution in [3.8, 4) is 0 Å². The summed E-state index contributed by atoms with van der Waals surface area (Å²) >= 11 is 0. The van der Waals surface area contributed by atoms with E-state index in [1.807, 2.05) is 0 Å². The van der Waals surface area contributed by atoms with Gasteiger partial charge in [-0.2, -0.15) is 0 Å². The molecule has 1 fully saturated rings. The molecule has 1 saturated heterocycles. The zero-order valence-corrected chi connectivity index (χ0v) is 4.52. The molecule has 0 bridgehead atoms. The highest BCUT2D eigenvalue weighted by molar-refractivity contribution is 4.71. The van der Waals surface area contributed by atoms with Crippen LogP contribution in [0.25, 0.3) is 0 Å². The van der Waals surface area contributed by atoms with Gasteiger partial charge in [-0.25, -0.2) is 0 Å². The van der Waals surface area contributed by atoms with Crippen LogP contribution in [0.5, 0.6) is 0 Å². The molecule has 4 N–H and O–H groups in total. The maximum absolute atomic E-state index is 8.83. The second kappa shape index (κ2) is 1.99. The highest BCUT2D eigenvalue weighted by Crippen LogP contribution is 2.04. The number of β-amino-alcohol motifs (C(OH)–C–C–N with tert-alkyl or cyclic N) is 2. The SMILES string of the molecule is OC1(O)CCNNC1. The predicted octanol–water partition coefficient (Wildman–Crippen LogP) is -1.83. The third-order valence-corrected chi connectivity index (χ3v) is 1.15. The van der Waals surface area contributed by atoms with Crippen molar-refractivity contribution < 1.29 is 10.2 Å². The molecular formula is C4H10N2O2. The largest absolute Gasteiger partial charge is 0.364 e. The lowest BCUT2D eigenvalue weighted by Crippen LogP contribution is -2.53. The average Bonchev–Trinajstić information content (AvgIpc) is 1.65. The summed E-state index contributed by atoms with van der Waals surface area (Å²) in [5.41, 5.74) is 5.40. The van der Waals surface area contributed by atoms with Crippen LogP contribution in [0, 0.1) is 0 Å². The van der Waals surface area contributed by atoms with Crippen molar-refractivity contribution in [1.82, 2.24) is 10.9 Å². The van der Waals surface area contributed by atoms with E-state index in [2.05, 4.69) is 10.9 Å². The maximum atomic E-state index is 8.83. The molecular weight excluding hydrogens is 108 g/mol. The first-order chi connectivity index (χ1) is 3.71. The Morgan fingerprint density at radius 3 is 2.25 bits per heavy atom. The van der Waals surface area contributed by atoms with Gasteiger partial charge < -0.3 is 10.2 Å². The Labute approximate surface area is 47.5 Å². The molecule has 4 heteroatoms. The van der Waals surface area contributed by atoms with Crippen molar-refractivity contribution in [2.75, 3.05) is 13.1 Å². The van der Waals surface area contributed by atoms with Gasteiger partial charge in [0, 0.05) is 13.0 Å². The molecule has 0 saturated carbocycles. The molecule has 0 aromatic heterocycles. The fraction of sp³-hybridized carbons (Fsp3) is 1.00. The third kappa shape index (κ3) is 1.41. The normalized spacial score (nSPS) is 27.8. The summed E-state index contributed by atoms with van der Waals surface area (Å²) in [7, 11) is 0. The van der Waals surface area contributed by atoms with Crippen molar-refractivity contribution in [2.45, 2.75) is 12.2 Å². The lowest BCUT2D eigenvalue weighted by Gasteiger charge is -2.27. The number of hydrogen-bond donors (Lipinski definition) is 4.